The van der Waals surface area contributed by atoms with E-state index in [9.17, 15) is 23.1 Å². The molecule has 1 aliphatic rings. The van der Waals surface area contributed by atoms with Crippen molar-refractivity contribution < 1.29 is 28.0 Å². The highest BCUT2D eigenvalue weighted by molar-refractivity contribution is 7.89. The van der Waals surface area contributed by atoms with E-state index >= 15 is 0 Å². The Bertz CT molecular complexity index is 1110. The summed E-state index contributed by atoms with van der Waals surface area (Å²) in [7, 11) is -4.56. The summed E-state index contributed by atoms with van der Waals surface area (Å²) < 4.78 is 28.6. The molecule has 1 amide bonds. The Kier molecular flexibility index (Phi) is 9.33. The highest BCUT2D eigenvalue weighted by Gasteiger charge is 2.45. The van der Waals surface area contributed by atoms with Gasteiger partial charge >= 0.3 is 5.97 Å². The Hall–Kier alpha value is -2.42. The number of hydrogen-bond acceptors (Lipinski definition) is 8. The van der Waals surface area contributed by atoms with Gasteiger partial charge in [-0.3, -0.25) is 4.79 Å². The van der Waals surface area contributed by atoms with Gasteiger partial charge in [0.15, 0.2) is 5.95 Å². The van der Waals surface area contributed by atoms with Crippen molar-refractivity contribution in [3.63, 3.8) is 0 Å². The van der Waals surface area contributed by atoms with Crippen molar-refractivity contribution in [2.75, 3.05) is 18.5 Å². The Morgan fingerprint density at radius 2 is 1.97 bits per heavy atom. The molecule has 15 heteroatoms. The third kappa shape index (κ3) is 7.06. The summed E-state index contributed by atoms with van der Waals surface area (Å²) in [6.07, 6.45) is 4.80. The second-order valence-corrected chi connectivity index (χ2v) is 10.3. The summed E-state index contributed by atoms with van der Waals surface area (Å²) in [6.45, 7) is 0.812. The molecule has 192 valence electrons. The molecule has 2 heterocycles. The maximum atomic E-state index is 13.2. The fourth-order valence-electron chi connectivity index (χ4n) is 3.50. The number of H-pyrrole nitrogens is 1. The number of anilines is 1. The number of carboxylic acid groups (broad SMARTS) is 1. The summed E-state index contributed by atoms with van der Waals surface area (Å²) in [4.78, 5) is 36.6. The first-order valence-electron chi connectivity index (χ1n) is 10.8. The average molecular weight is 549 g/mol. The molecule has 0 bridgehead atoms. The smallest absolute Gasteiger partial charge is 0.345 e. The third-order valence-corrected chi connectivity index (χ3v) is 7.72. The lowest BCUT2D eigenvalue weighted by Crippen LogP contribution is -2.67. The molecule has 1 fully saturated rings. The van der Waals surface area contributed by atoms with Gasteiger partial charge in [0.05, 0.1) is 16.7 Å². The van der Waals surface area contributed by atoms with Crippen molar-refractivity contribution in [3.05, 3.63) is 40.6 Å². The van der Waals surface area contributed by atoms with Crippen LogP contribution in [0.5, 0.6) is 0 Å². The maximum Gasteiger partial charge on any atom is 0.345 e. The van der Waals surface area contributed by atoms with E-state index in [4.69, 9.17) is 28.0 Å². The molecule has 2 atom stereocenters. The Morgan fingerprint density at radius 3 is 2.57 bits per heavy atom. The Morgan fingerprint density at radius 1 is 1.23 bits per heavy atom. The van der Waals surface area contributed by atoms with Crippen molar-refractivity contribution >= 4 is 51.0 Å². The lowest BCUT2D eigenvalue weighted by Gasteiger charge is -2.32. The minimum atomic E-state index is -4.56. The lowest BCUT2D eigenvalue weighted by molar-refractivity contribution is -0.149. The number of nitrogens with zero attached hydrogens (tertiary/aromatic N) is 1. The monoisotopic (exact) mass is 548 g/mol. The Balaban J connectivity index is 1.77. The normalized spacial score (nSPS) is 17.6. The topological polar surface area (TPSA) is 175 Å². The molecule has 1 saturated heterocycles. The minimum Gasteiger partial charge on any atom is -0.478 e. The van der Waals surface area contributed by atoms with Gasteiger partial charge in [-0.05, 0) is 37.8 Å². The van der Waals surface area contributed by atoms with E-state index < -0.39 is 38.5 Å². The number of nitrogens with one attached hydrogen (secondary N) is 5. The number of benzene rings is 1. The van der Waals surface area contributed by atoms with Gasteiger partial charge in [0.2, 0.25) is 21.6 Å². The molecule has 0 aliphatic carbocycles. The first-order chi connectivity index (χ1) is 16.6. The Labute approximate surface area is 212 Å². The maximum absolute atomic E-state index is 13.2. The summed E-state index contributed by atoms with van der Waals surface area (Å²) in [5.74, 6) is -1.70. The summed E-state index contributed by atoms with van der Waals surface area (Å²) in [5, 5.41) is 15.2. The van der Waals surface area contributed by atoms with E-state index in [-0.39, 0.29) is 29.5 Å². The molecule has 12 nitrogen and oxygen atoms in total. The summed E-state index contributed by atoms with van der Waals surface area (Å²) in [5.41, 5.74) is 0.136. The van der Waals surface area contributed by atoms with Gasteiger partial charge < -0.3 is 25.6 Å². The number of rotatable bonds is 13. The average Bonchev–Trinajstić information content (AvgIpc) is 3.49. The highest BCUT2D eigenvalue weighted by Crippen LogP contribution is 2.30. The number of sulfonamides is 1. The standard InChI is InChI=1S/C20H26Cl2N6O6S/c21-13-5-4-6-14(22)16(13)35(32,33)28-20(18(30)31,26-17(29)15-7-12-34-27-15)8-2-1-3-9-23-19-24-10-11-25-19/h4-6,10-11,15,27-28H,1-3,7-9,12H2,(H,26,29)(H,30,31)(H2,23,24,25). The summed E-state index contributed by atoms with van der Waals surface area (Å²) >= 11 is 12.1. The number of halogens is 2. The number of carbonyl (C=O) groups is 2. The molecule has 0 saturated carbocycles. The number of aromatic amines is 1. The van der Waals surface area contributed by atoms with Crippen LogP contribution >= 0.6 is 23.2 Å². The number of carbonyl (C=O) groups excluding carboxylic acids is 1. The molecule has 0 spiro atoms. The third-order valence-electron chi connectivity index (χ3n) is 5.27. The SMILES string of the molecule is O=C(NC(CCCCCNc1ncc[nH]1)(NS(=O)(=O)c1c(Cl)cccc1Cl)C(=O)O)C1CCON1. The molecule has 1 aromatic heterocycles. The molecule has 35 heavy (non-hydrogen) atoms. The van der Waals surface area contributed by atoms with Crippen molar-refractivity contribution in [2.24, 2.45) is 0 Å². The number of unbranched alkanes of at least 4 members (excludes halogenated alkanes) is 2. The van der Waals surface area contributed by atoms with Crippen LogP contribution in [-0.2, 0) is 24.4 Å². The van der Waals surface area contributed by atoms with E-state index in [0.717, 1.165) is 0 Å². The second-order valence-electron chi connectivity index (χ2n) is 7.84. The molecule has 1 aliphatic heterocycles. The zero-order valence-electron chi connectivity index (χ0n) is 18.5. The predicted octanol–water partition coefficient (Wildman–Crippen LogP) is 1.86. The van der Waals surface area contributed by atoms with Gasteiger partial charge in [-0.2, -0.15) is 10.2 Å². The van der Waals surface area contributed by atoms with Crippen LogP contribution < -0.4 is 20.8 Å². The zero-order valence-corrected chi connectivity index (χ0v) is 20.8. The fraction of sp³-hybridized carbons (Fsp3) is 0.450. The van der Waals surface area contributed by atoms with Crippen LogP contribution in [-0.4, -0.2) is 60.2 Å². The fourth-order valence-corrected chi connectivity index (χ4v) is 5.96. The molecule has 2 aromatic rings. The van der Waals surface area contributed by atoms with Gasteiger partial charge in [0.25, 0.3) is 0 Å². The van der Waals surface area contributed by atoms with Crippen LogP contribution in [0.15, 0.2) is 35.5 Å². The zero-order chi connectivity index (χ0) is 25.5. The number of hydroxylamine groups is 1. The number of hydrogen-bond donors (Lipinski definition) is 6. The first-order valence-corrected chi connectivity index (χ1v) is 13.0. The van der Waals surface area contributed by atoms with E-state index in [1.165, 1.54) is 18.2 Å². The van der Waals surface area contributed by atoms with E-state index in [2.05, 4.69) is 30.8 Å². The number of carboxylic acids is 1. The molecule has 1 aromatic carbocycles. The first kappa shape index (κ1) is 27.2. The minimum absolute atomic E-state index is 0.189. The summed E-state index contributed by atoms with van der Waals surface area (Å²) in [6, 6.07) is 3.25. The second kappa shape index (κ2) is 12.0. The molecule has 0 radical (unpaired) electrons. The van der Waals surface area contributed by atoms with Gasteiger partial charge in [-0.25, -0.2) is 18.2 Å². The van der Waals surface area contributed by atoms with Crippen LogP contribution in [0.4, 0.5) is 5.95 Å². The van der Waals surface area contributed by atoms with Crippen molar-refractivity contribution in [1.82, 2.24) is 25.5 Å². The van der Waals surface area contributed by atoms with Gasteiger partial charge in [0, 0.05) is 18.9 Å². The van der Waals surface area contributed by atoms with Gasteiger partial charge in [-0.1, -0.05) is 35.7 Å². The molecule has 3 rings (SSSR count). The van der Waals surface area contributed by atoms with E-state index in [1.807, 2.05) is 0 Å². The molecular weight excluding hydrogens is 523 g/mol. The van der Waals surface area contributed by atoms with Crippen molar-refractivity contribution in [2.45, 2.75) is 48.7 Å². The lowest BCUT2D eigenvalue weighted by atomic mass is 10.0. The number of imidazole rings is 1. The number of amides is 1. The number of aliphatic carboxylic acids is 1. The van der Waals surface area contributed by atoms with Gasteiger partial charge in [-0.15, -0.1) is 0 Å². The van der Waals surface area contributed by atoms with Crippen LogP contribution in [0, 0.1) is 0 Å². The van der Waals surface area contributed by atoms with Crippen molar-refractivity contribution in [3.8, 4) is 0 Å². The molecule has 6 N–H and O–H groups in total. The predicted molar refractivity (Wildman–Crippen MR) is 128 cm³/mol. The molecular formula is C20H26Cl2N6O6S. The highest BCUT2D eigenvalue weighted by atomic mass is 35.5. The van der Waals surface area contributed by atoms with Crippen LogP contribution in [0.2, 0.25) is 10.0 Å². The number of aromatic nitrogens is 2. The largest absolute Gasteiger partial charge is 0.478 e. The quantitative estimate of drug-likeness (QED) is 0.161. The van der Waals surface area contributed by atoms with Gasteiger partial charge in [0.1, 0.15) is 10.9 Å². The van der Waals surface area contributed by atoms with Crippen LogP contribution in [0.25, 0.3) is 0 Å². The van der Waals surface area contributed by atoms with Crippen LogP contribution in [0.3, 0.4) is 0 Å². The van der Waals surface area contributed by atoms with E-state index in [0.29, 0.717) is 31.8 Å². The van der Waals surface area contributed by atoms with Crippen molar-refractivity contribution in [1.29, 1.82) is 0 Å². The van der Waals surface area contributed by atoms with E-state index in [1.54, 1.807) is 12.4 Å². The van der Waals surface area contributed by atoms with Crippen LogP contribution in [0.1, 0.15) is 32.1 Å². The molecule has 2 unspecified atom stereocenters.